The zero-order valence-corrected chi connectivity index (χ0v) is 12.3. The fraction of sp³-hybridized carbons (Fsp3) is 0.467. The fourth-order valence-corrected chi connectivity index (χ4v) is 3.51. The van der Waals surface area contributed by atoms with Gasteiger partial charge in [-0.3, -0.25) is 4.79 Å². The van der Waals surface area contributed by atoms with Gasteiger partial charge in [0.2, 0.25) is 5.91 Å². The van der Waals surface area contributed by atoms with Crippen LogP contribution in [-0.4, -0.2) is 10.9 Å². The molecule has 0 aliphatic heterocycles. The Hall–Kier alpha value is -1.42. The summed E-state index contributed by atoms with van der Waals surface area (Å²) in [5.41, 5.74) is 2.10. The van der Waals surface area contributed by atoms with Crippen molar-refractivity contribution in [2.24, 2.45) is 0 Å². The van der Waals surface area contributed by atoms with Gasteiger partial charge in [-0.05, 0) is 44.2 Å². The normalized spacial score (nSPS) is 15.7. The van der Waals surface area contributed by atoms with Crippen LogP contribution in [0.3, 0.4) is 0 Å². The van der Waals surface area contributed by atoms with Crippen LogP contribution in [0.5, 0.6) is 0 Å². The number of nitrogens with one attached hydrogen (secondary N) is 1. The number of para-hydroxylation sites is 1. The molecule has 0 radical (unpaired) electrons. The van der Waals surface area contributed by atoms with Crippen molar-refractivity contribution in [3.63, 3.8) is 0 Å². The Morgan fingerprint density at radius 3 is 2.79 bits per heavy atom. The van der Waals surface area contributed by atoms with E-state index in [2.05, 4.69) is 23.5 Å². The molecule has 3 rings (SSSR count). The molecule has 1 aliphatic carbocycles. The van der Waals surface area contributed by atoms with E-state index in [0.29, 0.717) is 5.92 Å². The quantitative estimate of drug-likeness (QED) is 0.930. The smallest absolute Gasteiger partial charge is 0.217 e. The van der Waals surface area contributed by atoms with Crippen molar-refractivity contribution in [3.8, 4) is 0 Å². The molecule has 2 aromatic rings. The Kier molecular flexibility index (Phi) is 2.86. The number of hydrogen-bond donors (Lipinski definition) is 1. The van der Waals surface area contributed by atoms with Crippen molar-refractivity contribution in [3.05, 3.63) is 28.8 Å². The SMILES string of the molecule is CC(=O)NC(C)(C)c1nc2c(C3CC3)cccc2s1. The number of nitrogens with zero attached hydrogens (tertiary/aromatic N) is 1. The summed E-state index contributed by atoms with van der Waals surface area (Å²) in [5.74, 6) is 0.675. The summed E-state index contributed by atoms with van der Waals surface area (Å²) >= 11 is 1.68. The van der Waals surface area contributed by atoms with Crippen molar-refractivity contribution in [1.29, 1.82) is 0 Å². The molecule has 1 aliphatic rings. The number of rotatable bonds is 3. The number of aromatic nitrogens is 1. The molecular formula is C15H18N2OS. The lowest BCUT2D eigenvalue weighted by Crippen LogP contribution is -2.39. The number of benzene rings is 1. The van der Waals surface area contributed by atoms with E-state index in [1.165, 1.54) is 23.1 Å². The summed E-state index contributed by atoms with van der Waals surface area (Å²) in [4.78, 5) is 16.1. The highest BCUT2D eigenvalue weighted by atomic mass is 32.1. The Bertz CT molecular complexity index is 641. The summed E-state index contributed by atoms with van der Waals surface area (Å²) in [6.07, 6.45) is 2.56. The molecule has 100 valence electrons. The van der Waals surface area contributed by atoms with Crippen LogP contribution in [0.25, 0.3) is 10.2 Å². The van der Waals surface area contributed by atoms with Gasteiger partial charge < -0.3 is 5.32 Å². The molecule has 19 heavy (non-hydrogen) atoms. The van der Waals surface area contributed by atoms with Crippen LogP contribution in [0, 0.1) is 0 Å². The Morgan fingerprint density at radius 1 is 1.42 bits per heavy atom. The number of thiazole rings is 1. The Balaban J connectivity index is 2.06. The van der Waals surface area contributed by atoms with Gasteiger partial charge in [0.1, 0.15) is 5.01 Å². The highest BCUT2D eigenvalue weighted by molar-refractivity contribution is 7.18. The van der Waals surface area contributed by atoms with Gasteiger partial charge in [0.25, 0.3) is 0 Å². The Morgan fingerprint density at radius 2 is 2.16 bits per heavy atom. The summed E-state index contributed by atoms with van der Waals surface area (Å²) in [5, 5.41) is 3.95. The summed E-state index contributed by atoms with van der Waals surface area (Å²) in [6, 6.07) is 6.42. The van der Waals surface area contributed by atoms with E-state index < -0.39 is 5.54 Å². The van der Waals surface area contributed by atoms with E-state index in [-0.39, 0.29) is 5.91 Å². The third kappa shape index (κ3) is 2.37. The largest absolute Gasteiger partial charge is 0.345 e. The molecule has 0 atom stereocenters. The highest BCUT2D eigenvalue weighted by Crippen LogP contribution is 2.44. The van der Waals surface area contributed by atoms with Crippen molar-refractivity contribution < 1.29 is 4.79 Å². The third-order valence-corrected chi connectivity index (χ3v) is 4.83. The average molecular weight is 274 g/mol. The topological polar surface area (TPSA) is 42.0 Å². The van der Waals surface area contributed by atoms with Gasteiger partial charge in [-0.2, -0.15) is 0 Å². The summed E-state index contributed by atoms with van der Waals surface area (Å²) in [7, 11) is 0. The van der Waals surface area contributed by atoms with Gasteiger partial charge in [0.15, 0.2) is 0 Å². The summed E-state index contributed by atoms with van der Waals surface area (Å²) < 4.78 is 1.22. The van der Waals surface area contributed by atoms with Crippen LogP contribution in [0.2, 0.25) is 0 Å². The van der Waals surface area contributed by atoms with E-state index in [9.17, 15) is 4.79 Å². The first-order valence-electron chi connectivity index (χ1n) is 6.66. The molecule has 1 N–H and O–H groups in total. The van der Waals surface area contributed by atoms with Gasteiger partial charge in [-0.25, -0.2) is 4.98 Å². The first kappa shape index (κ1) is 12.6. The highest BCUT2D eigenvalue weighted by Gasteiger charge is 2.29. The van der Waals surface area contributed by atoms with E-state index in [1.54, 1.807) is 18.3 Å². The minimum Gasteiger partial charge on any atom is -0.345 e. The predicted molar refractivity (Wildman–Crippen MR) is 78.4 cm³/mol. The lowest BCUT2D eigenvalue weighted by molar-refractivity contribution is -0.120. The second-order valence-electron chi connectivity index (χ2n) is 5.79. The molecule has 1 aromatic carbocycles. The van der Waals surface area contributed by atoms with Crippen LogP contribution in [0.4, 0.5) is 0 Å². The molecule has 1 fully saturated rings. The van der Waals surface area contributed by atoms with Crippen LogP contribution >= 0.6 is 11.3 Å². The average Bonchev–Trinajstić information content (AvgIpc) is 3.04. The van der Waals surface area contributed by atoms with Gasteiger partial charge in [0, 0.05) is 6.92 Å². The minimum atomic E-state index is -0.406. The number of amides is 1. The molecule has 4 heteroatoms. The first-order chi connectivity index (χ1) is 8.97. The second-order valence-corrected chi connectivity index (χ2v) is 6.82. The molecule has 3 nitrogen and oxygen atoms in total. The van der Waals surface area contributed by atoms with Crippen LogP contribution in [0.15, 0.2) is 18.2 Å². The molecule has 0 unspecified atom stereocenters. The fourth-order valence-electron chi connectivity index (χ4n) is 2.45. The Labute approximate surface area is 117 Å². The number of fused-ring (bicyclic) bond motifs is 1. The molecule has 1 heterocycles. The summed E-state index contributed by atoms with van der Waals surface area (Å²) in [6.45, 7) is 5.55. The van der Waals surface area contributed by atoms with E-state index in [0.717, 1.165) is 10.5 Å². The van der Waals surface area contributed by atoms with E-state index >= 15 is 0 Å². The van der Waals surface area contributed by atoms with Crippen LogP contribution in [-0.2, 0) is 10.3 Å². The van der Waals surface area contributed by atoms with Gasteiger partial charge in [-0.15, -0.1) is 11.3 Å². The molecular weight excluding hydrogens is 256 g/mol. The second kappa shape index (κ2) is 4.30. The molecule has 0 bridgehead atoms. The van der Waals surface area contributed by atoms with E-state index in [4.69, 9.17) is 4.98 Å². The zero-order valence-electron chi connectivity index (χ0n) is 11.5. The number of hydrogen-bond acceptors (Lipinski definition) is 3. The molecule has 0 saturated heterocycles. The molecule has 0 spiro atoms. The van der Waals surface area contributed by atoms with Gasteiger partial charge in [-0.1, -0.05) is 12.1 Å². The van der Waals surface area contributed by atoms with Crippen molar-refractivity contribution in [2.75, 3.05) is 0 Å². The minimum absolute atomic E-state index is 0.0216. The monoisotopic (exact) mass is 274 g/mol. The maximum atomic E-state index is 11.3. The van der Waals surface area contributed by atoms with Gasteiger partial charge >= 0.3 is 0 Å². The maximum Gasteiger partial charge on any atom is 0.217 e. The van der Waals surface area contributed by atoms with Crippen molar-refractivity contribution >= 4 is 27.5 Å². The first-order valence-corrected chi connectivity index (χ1v) is 7.48. The van der Waals surface area contributed by atoms with Crippen molar-refractivity contribution in [1.82, 2.24) is 10.3 Å². The van der Waals surface area contributed by atoms with E-state index in [1.807, 2.05) is 13.8 Å². The maximum absolute atomic E-state index is 11.3. The van der Waals surface area contributed by atoms with Crippen LogP contribution in [0.1, 0.15) is 50.1 Å². The van der Waals surface area contributed by atoms with Gasteiger partial charge in [0.05, 0.1) is 15.8 Å². The van der Waals surface area contributed by atoms with Crippen molar-refractivity contribution in [2.45, 2.75) is 45.1 Å². The molecule has 1 saturated carbocycles. The zero-order chi connectivity index (χ0) is 13.6. The standard InChI is InChI=1S/C15H18N2OS/c1-9(18)17-15(2,3)14-16-13-11(10-7-8-10)5-4-6-12(13)19-14/h4-6,10H,7-8H2,1-3H3,(H,17,18). The lowest BCUT2D eigenvalue weighted by atomic mass is 10.1. The van der Waals surface area contributed by atoms with Crippen LogP contribution < -0.4 is 5.32 Å². The molecule has 1 aromatic heterocycles. The predicted octanol–water partition coefficient (Wildman–Crippen LogP) is 3.54. The third-order valence-electron chi connectivity index (χ3n) is 3.49. The number of carbonyl (C=O) groups is 1. The molecule has 1 amide bonds. The lowest BCUT2D eigenvalue weighted by Gasteiger charge is -2.22. The number of carbonyl (C=O) groups excluding carboxylic acids is 1.